The highest BCUT2D eigenvalue weighted by Gasteiger charge is 2.64. The summed E-state index contributed by atoms with van der Waals surface area (Å²) in [6.45, 7) is 5.29. The second kappa shape index (κ2) is 16.9. The Hall–Kier alpha value is -5.41. The summed E-state index contributed by atoms with van der Waals surface area (Å²) in [5.74, 6) is 9.91. The van der Waals surface area contributed by atoms with E-state index in [0.717, 1.165) is 4.90 Å². The van der Waals surface area contributed by atoms with Gasteiger partial charge in [-0.3, -0.25) is 9.69 Å². The van der Waals surface area contributed by atoms with Gasteiger partial charge < -0.3 is 27.1 Å². The van der Waals surface area contributed by atoms with Gasteiger partial charge in [0.25, 0.3) is 5.91 Å². The number of terminal acetylenes is 1. The number of rotatable bonds is 9. The topological polar surface area (TPSA) is 191 Å². The fourth-order valence-corrected chi connectivity index (χ4v) is 5.11. The first-order chi connectivity index (χ1) is 24.8. The molecule has 2 amide bonds. The largest absolute Gasteiger partial charge is 0.447 e. The Kier molecular flexibility index (Phi) is 13.4. The van der Waals surface area contributed by atoms with Crippen molar-refractivity contribution in [2.45, 2.75) is 70.9 Å². The number of ether oxygens (including phenoxy) is 1. The fourth-order valence-electron chi connectivity index (χ4n) is 4.90. The zero-order valence-electron chi connectivity index (χ0n) is 29.2. The number of nitrogens with two attached hydrogens (primary N) is 3. The van der Waals surface area contributed by atoms with E-state index in [9.17, 15) is 31.5 Å². The Balaban J connectivity index is 0.000000996. The molecule has 2 aromatic carbocycles. The van der Waals surface area contributed by atoms with Gasteiger partial charge in [-0.15, -0.1) is 12.8 Å². The number of alkyl halides is 5. The number of halogens is 6. The lowest BCUT2D eigenvalue weighted by Crippen LogP contribution is -2.49. The average molecular weight is 767 g/mol. The van der Waals surface area contributed by atoms with E-state index in [0.29, 0.717) is 26.8 Å². The van der Waals surface area contributed by atoms with Crippen molar-refractivity contribution in [2.24, 2.45) is 32.9 Å². The number of hydrogen-bond donors (Lipinski definition) is 5. The monoisotopic (exact) mass is 766 g/mol. The summed E-state index contributed by atoms with van der Waals surface area (Å²) in [6, 6.07) is 8.24. The maximum absolute atomic E-state index is 13.8. The number of hydrazone groups is 1. The Morgan fingerprint density at radius 3 is 2.21 bits per heavy atom. The molecule has 1 fully saturated rings. The number of carbonyl (C=O) groups excluding carboxylic acids is 2. The third-order valence-electron chi connectivity index (χ3n) is 7.55. The normalized spacial score (nSPS) is 17.1. The third-order valence-corrected chi connectivity index (χ3v) is 7.88. The Morgan fingerprint density at radius 2 is 1.72 bits per heavy atom. The summed E-state index contributed by atoms with van der Waals surface area (Å²) in [7, 11) is 0. The highest BCUT2D eigenvalue weighted by Crippen LogP contribution is 2.49. The van der Waals surface area contributed by atoms with Crippen molar-refractivity contribution >= 4 is 35.4 Å². The van der Waals surface area contributed by atoms with Gasteiger partial charge in [0.05, 0.1) is 17.3 Å². The van der Waals surface area contributed by atoms with Crippen LogP contribution in [-0.4, -0.2) is 56.8 Å². The third kappa shape index (κ3) is 10.4. The molecule has 3 aromatic rings. The van der Waals surface area contributed by atoms with Crippen LogP contribution >= 0.6 is 11.6 Å². The number of benzene rings is 2. The molecular formula is C34H40ClF5N10O3. The lowest BCUT2D eigenvalue weighted by Gasteiger charge is -2.29. The first-order valence-electron chi connectivity index (χ1n) is 15.8. The van der Waals surface area contributed by atoms with Crippen LogP contribution in [-0.2, 0) is 9.53 Å². The Labute approximate surface area is 307 Å². The van der Waals surface area contributed by atoms with Gasteiger partial charge in [0.2, 0.25) is 0 Å². The molecule has 0 spiro atoms. The first-order valence-corrected chi connectivity index (χ1v) is 16.1. The molecule has 1 saturated carbocycles. The highest BCUT2D eigenvalue weighted by atomic mass is 35.5. The van der Waals surface area contributed by atoms with Crippen LogP contribution in [0.25, 0.3) is 11.1 Å². The van der Waals surface area contributed by atoms with Gasteiger partial charge in [-0.2, -0.15) is 32.2 Å². The molecule has 13 nitrogen and oxygen atoms in total. The number of aromatic nitrogens is 2. The van der Waals surface area contributed by atoms with Crippen molar-refractivity contribution in [1.29, 1.82) is 0 Å². The van der Waals surface area contributed by atoms with Crippen LogP contribution < -0.4 is 28.2 Å². The van der Waals surface area contributed by atoms with Crippen LogP contribution in [0.4, 0.5) is 26.7 Å². The minimum atomic E-state index is -4.68. The maximum atomic E-state index is 13.8. The molecule has 2 heterocycles. The van der Waals surface area contributed by atoms with Crippen molar-refractivity contribution in [3.63, 3.8) is 0 Å². The van der Waals surface area contributed by atoms with Gasteiger partial charge in [-0.25, -0.2) is 20.3 Å². The summed E-state index contributed by atoms with van der Waals surface area (Å²) in [5.41, 5.74) is 8.40. The molecule has 1 aromatic heterocycles. The minimum absolute atomic E-state index is 0.0449. The molecule has 0 unspecified atom stereocenters. The maximum Gasteiger partial charge on any atom is 0.411 e. The lowest BCUT2D eigenvalue weighted by molar-refractivity contribution is -0.164. The van der Waals surface area contributed by atoms with E-state index in [1.165, 1.54) is 30.6 Å². The number of nitrogens with zero attached hydrogens (tertiary/aromatic N) is 5. The van der Waals surface area contributed by atoms with Crippen LogP contribution in [0.3, 0.4) is 0 Å². The number of aliphatic imine (C=N–C) groups is 1. The number of amides is 2. The van der Waals surface area contributed by atoms with Crippen LogP contribution in [0.2, 0.25) is 5.02 Å². The first kappa shape index (κ1) is 42.0. The van der Waals surface area contributed by atoms with Crippen LogP contribution in [0.5, 0.6) is 0 Å². The van der Waals surface area contributed by atoms with E-state index in [4.69, 9.17) is 33.8 Å². The van der Waals surface area contributed by atoms with Crippen LogP contribution in [0.1, 0.15) is 75.9 Å². The molecule has 1 aliphatic heterocycles. The van der Waals surface area contributed by atoms with Crippen molar-refractivity contribution < 1.29 is 36.3 Å². The minimum Gasteiger partial charge on any atom is -0.447 e. The molecule has 2 aliphatic rings. The summed E-state index contributed by atoms with van der Waals surface area (Å²) in [5, 5.41) is 9.14. The lowest BCUT2D eigenvalue weighted by atomic mass is 10.00. The summed E-state index contributed by atoms with van der Waals surface area (Å²) < 4.78 is 71.8. The average Bonchev–Trinajstić information content (AvgIpc) is 3.60. The SMILES string of the molecule is C#C.CC(C)(C)C.N/N=C(\NN)c1cc([C@@H](COC(=O)NC2(C(F)(F)F)CC2)N2C(=O)[C@@H](c3ccc(-c4cnn(C(F)F)c4)cc3)N=C2N)ccc1Cl. The molecule has 1 aliphatic carbocycles. The quantitative estimate of drug-likeness (QED) is 0.0455. The van der Waals surface area contributed by atoms with Gasteiger partial charge in [-0.1, -0.05) is 69.6 Å². The molecular weight excluding hydrogens is 727 g/mol. The molecule has 0 radical (unpaired) electrons. The number of amidine groups is 1. The predicted molar refractivity (Wildman–Crippen MR) is 190 cm³/mol. The van der Waals surface area contributed by atoms with E-state index in [1.54, 1.807) is 24.3 Å². The molecule has 5 rings (SSSR count). The molecule has 2 atom stereocenters. The molecule has 0 saturated heterocycles. The van der Waals surface area contributed by atoms with E-state index >= 15 is 0 Å². The number of hydrogen-bond acceptors (Lipinski definition) is 9. The smallest absolute Gasteiger partial charge is 0.411 e. The zero-order valence-corrected chi connectivity index (χ0v) is 29.9. The van der Waals surface area contributed by atoms with E-state index in [2.05, 4.69) is 61.2 Å². The van der Waals surface area contributed by atoms with Crippen LogP contribution in [0.15, 0.2) is 65.0 Å². The van der Waals surface area contributed by atoms with Crippen LogP contribution in [0, 0.1) is 18.3 Å². The van der Waals surface area contributed by atoms with Gasteiger partial charge in [0, 0.05) is 17.3 Å². The standard InChI is InChI=1S/C27H26ClF5N10O3.C5H12.C2H2/c28-18-6-5-15(9-17(18)21(40-35)41-36)19(12-46-25(45)39-26(7-8-26)27(31,32)33)43-22(44)20(38-24(43)34)14-3-1-13(2-4-14)16-10-37-42(11-16)23(29)30;1-5(2,3)4;1-2/h1-6,9-11,19-20,23H,7-8,12,35-36H2,(H2,34,38)(H,39,45)(H,40,41);1-4H3;1-2H/t19-,20-;;/m1../s1. The highest BCUT2D eigenvalue weighted by molar-refractivity contribution is 6.34. The van der Waals surface area contributed by atoms with Gasteiger partial charge in [-0.05, 0) is 47.1 Å². The second-order valence-corrected chi connectivity index (χ2v) is 13.8. The number of guanidine groups is 1. The van der Waals surface area contributed by atoms with E-state index in [1.807, 2.05) is 5.32 Å². The second-order valence-electron chi connectivity index (χ2n) is 13.4. The fraction of sp³-hybridized carbons (Fsp3) is 0.382. The van der Waals surface area contributed by atoms with Gasteiger partial charge >= 0.3 is 18.8 Å². The van der Waals surface area contributed by atoms with E-state index < -0.39 is 49.0 Å². The predicted octanol–water partition coefficient (Wildman–Crippen LogP) is 5.74. The molecule has 286 valence electrons. The Morgan fingerprint density at radius 1 is 1.11 bits per heavy atom. The van der Waals surface area contributed by atoms with Crippen molar-refractivity contribution in [2.75, 3.05) is 6.61 Å². The summed E-state index contributed by atoms with van der Waals surface area (Å²) >= 11 is 6.29. The molecule has 19 heteroatoms. The van der Waals surface area contributed by atoms with Crippen molar-refractivity contribution in [3.05, 3.63) is 76.6 Å². The zero-order chi connectivity index (χ0) is 39.9. The number of nitrogens with one attached hydrogen (secondary N) is 2. The van der Waals surface area contributed by atoms with Crippen molar-refractivity contribution in [3.8, 4) is 24.0 Å². The number of hydrazine groups is 1. The van der Waals surface area contributed by atoms with Gasteiger partial charge in [0.1, 0.15) is 12.1 Å². The molecule has 53 heavy (non-hydrogen) atoms. The number of carbonyl (C=O) groups is 2. The summed E-state index contributed by atoms with van der Waals surface area (Å²) in [6.07, 6.45) is 3.79. The van der Waals surface area contributed by atoms with Crippen molar-refractivity contribution in [1.82, 2.24) is 25.4 Å². The molecule has 8 N–H and O–H groups in total. The molecule has 0 bridgehead atoms. The van der Waals surface area contributed by atoms with Gasteiger partial charge in [0.15, 0.2) is 17.8 Å². The van der Waals surface area contributed by atoms with E-state index in [-0.39, 0.29) is 40.8 Å². The number of alkyl carbamates (subject to hydrolysis) is 1. The Bertz CT molecular complexity index is 1830. The summed E-state index contributed by atoms with van der Waals surface area (Å²) in [4.78, 5) is 31.7.